The van der Waals surface area contributed by atoms with Crippen LogP contribution < -0.4 is 0 Å². The fourth-order valence-corrected chi connectivity index (χ4v) is 1.94. The van der Waals surface area contributed by atoms with Gasteiger partial charge in [-0.1, -0.05) is 0 Å². The summed E-state index contributed by atoms with van der Waals surface area (Å²) in [6.07, 6.45) is 4.07. The summed E-state index contributed by atoms with van der Waals surface area (Å²) in [6.45, 7) is 2.36. The van der Waals surface area contributed by atoms with Crippen LogP contribution in [0.5, 0.6) is 0 Å². The van der Waals surface area contributed by atoms with Gasteiger partial charge in [-0.15, -0.1) is 0 Å². The molecular formula is C9H16N4. The van der Waals surface area contributed by atoms with Gasteiger partial charge in [-0.2, -0.15) is 5.10 Å². The Morgan fingerprint density at radius 3 is 2.54 bits per heavy atom. The molecule has 0 aromatic carbocycles. The van der Waals surface area contributed by atoms with Gasteiger partial charge in [0.2, 0.25) is 0 Å². The first-order chi connectivity index (χ1) is 6.27. The van der Waals surface area contributed by atoms with Gasteiger partial charge in [-0.3, -0.25) is 4.68 Å². The molecule has 4 nitrogen and oxygen atoms in total. The summed E-state index contributed by atoms with van der Waals surface area (Å²) in [5, 5.41) is 4.10. The lowest BCUT2D eigenvalue weighted by Gasteiger charge is -2.28. The first-order valence-electron chi connectivity index (χ1n) is 4.80. The molecule has 1 aromatic heterocycles. The molecule has 1 aromatic rings. The van der Waals surface area contributed by atoms with E-state index >= 15 is 0 Å². The predicted octanol–water partition coefficient (Wildman–Crippen LogP) is 0.624. The van der Waals surface area contributed by atoms with Crippen molar-refractivity contribution in [3.05, 3.63) is 12.2 Å². The van der Waals surface area contributed by atoms with Gasteiger partial charge in [-0.25, -0.2) is 4.98 Å². The highest BCUT2D eigenvalue weighted by molar-refractivity contribution is 4.97. The first-order valence-corrected chi connectivity index (χ1v) is 4.80. The monoisotopic (exact) mass is 180 g/mol. The molecule has 0 saturated carbocycles. The molecule has 0 N–H and O–H groups in total. The van der Waals surface area contributed by atoms with E-state index in [1.54, 1.807) is 6.33 Å². The smallest absolute Gasteiger partial charge is 0.138 e. The lowest BCUT2D eigenvalue weighted by Crippen LogP contribution is -2.30. The van der Waals surface area contributed by atoms with Crippen molar-refractivity contribution in [1.82, 2.24) is 19.7 Å². The summed E-state index contributed by atoms with van der Waals surface area (Å²) >= 11 is 0. The zero-order chi connectivity index (χ0) is 9.26. The molecule has 72 valence electrons. The molecule has 1 aliphatic heterocycles. The second-order valence-electron chi connectivity index (χ2n) is 3.82. The zero-order valence-corrected chi connectivity index (χ0v) is 8.27. The van der Waals surface area contributed by atoms with Gasteiger partial charge in [0, 0.05) is 13.0 Å². The molecule has 0 radical (unpaired) electrons. The number of aromatic nitrogens is 3. The van der Waals surface area contributed by atoms with E-state index < -0.39 is 0 Å². The fraction of sp³-hybridized carbons (Fsp3) is 0.778. The van der Waals surface area contributed by atoms with E-state index in [1.807, 2.05) is 11.7 Å². The lowest BCUT2D eigenvalue weighted by molar-refractivity contribution is 0.248. The first kappa shape index (κ1) is 8.69. The van der Waals surface area contributed by atoms with E-state index in [0.717, 1.165) is 5.82 Å². The summed E-state index contributed by atoms with van der Waals surface area (Å²) < 4.78 is 1.90. The summed E-state index contributed by atoms with van der Waals surface area (Å²) in [5.74, 6) is 1.76. The SMILES string of the molecule is CN1CCC(c2ncnn2C)CC1. The van der Waals surface area contributed by atoms with Gasteiger partial charge in [0.05, 0.1) is 0 Å². The second-order valence-corrected chi connectivity index (χ2v) is 3.82. The third-order valence-electron chi connectivity index (χ3n) is 2.83. The van der Waals surface area contributed by atoms with Crippen molar-refractivity contribution in [3.63, 3.8) is 0 Å². The maximum absolute atomic E-state index is 4.30. The van der Waals surface area contributed by atoms with Gasteiger partial charge in [0.15, 0.2) is 0 Å². The highest BCUT2D eigenvalue weighted by Crippen LogP contribution is 2.24. The molecule has 13 heavy (non-hydrogen) atoms. The van der Waals surface area contributed by atoms with Crippen molar-refractivity contribution >= 4 is 0 Å². The van der Waals surface area contributed by atoms with E-state index in [9.17, 15) is 0 Å². The molecular weight excluding hydrogens is 164 g/mol. The van der Waals surface area contributed by atoms with Crippen LogP contribution in [0.2, 0.25) is 0 Å². The number of likely N-dealkylation sites (tertiary alicyclic amines) is 1. The predicted molar refractivity (Wildman–Crippen MR) is 50.5 cm³/mol. The van der Waals surface area contributed by atoms with Crippen LogP contribution in [0.1, 0.15) is 24.6 Å². The summed E-state index contributed by atoms with van der Waals surface area (Å²) in [4.78, 5) is 6.67. The molecule has 0 bridgehead atoms. The third-order valence-corrected chi connectivity index (χ3v) is 2.83. The van der Waals surface area contributed by atoms with Crippen molar-refractivity contribution in [2.24, 2.45) is 7.05 Å². The van der Waals surface area contributed by atoms with Gasteiger partial charge in [0.1, 0.15) is 12.2 Å². The number of aryl methyl sites for hydroxylation is 1. The minimum absolute atomic E-state index is 0.615. The lowest BCUT2D eigenvalue weighted by atomic mass is 9.96. The Labute approximate surface area is 78.6 Å². The van der Waals surface area contributed by atoms with E-state index in [1.165, 1.54) is 25.9 Å². The van der Waals surface area contributed by atoms with Gasteiger partial charge < -0.3 is 4.90 Å². The van der Waals surface area contributed by atoms with Crippen LogP contribution >= 0.6 is 0 Å². The maximum Gasteiger partial charge on any atom is 0.138 e. The Bertz CT molecular complexity index is 273. The molecule has 0 aliphatic carbocycles. The molecule has 4 heteroatoms. The van der Waals surface area contributed by atoms with E-state index in [2.05, 4.69) is 22.0 Å². The zero-order valence-electron chi connectivity index (χ0n) is 8.27. The molecule has 1 saturated heterocycles. The largest absolute Gasteiger partial charge is 0.306 e. The van der Waals surface area contributed by atoms with Crippen molar-refractivity contribution in [3.8, 4) is 0 Å². The highest BCUT2D eigenvalue weighted by Gasteiger charge is 2.21. The van der Waals surface area contributed by atoms with Gasteiger partial charge in [0.25, 0.3) is 0 Å². The Hall–Kier alpha value is -0.900. The standard InChI is InChI=1S/C9H16N4/c1-12-5-3-8(4-6-12)9-10-7-11-13(9)2/h7-8H,3-6H2,1-2H3. The topological polar surface area (TPSA) is 34.0 Å². The van der Waals surface area contributed by atoms with Crippen LogP contribution in [0.15, 0.2) is 6.33 Å². The molecule has 1 aliphatic rings. The second kappa shape index (κ2) is 3.46. The van der Waals surface area contributed by atoms with E-state index in [0.29, 0.717) is 5.92 Å². The average Bonchev–Trinajstić information content (AvgIpc) is 2.53. The van der Waals surface area contributed by atoms with Crippen LogP contribution in [0.4, 0.5) is 0 Å². The number of piperidine rings is 1. The van der Waals surface area contributed by atoms with Crippen molar-refractivity contribution in [2.75, 3.05) is 20.1 Å². The number of hydrogen-bond acceptors (Lipinski definition) is 3. The number of nitrogens with zero attached hydrogens (tertiary/aromatic N) is 4. The fourth-order valence-electron chi connectivity index (χ4n) is 1.94. The van der Waals surface area contributed by atoms with E-state index in [4.69, 9.17) is 0 Å². The van der Waals surface area contributed by atoms with Crippen LogP contribution in [0, 0.1) is 0 Å². The maximum atomic E-state index is 4.30. The minimum atomic E-state index is 0.615. The average molecular weight is 180 g/mol. The normalized spacial score (nSPS) is 20.8. The van der Waals surface area contributed by atoms with Crippen molar-refractivity contribution < 1.29 is 0 Å². The van der Waals surface area contributed by atoms with Crippen LogP contribution in [-0.2, 0) is 7.05 Å². The minimum Gasteiger partial charge on any atom is -0.306 e. The molecule has 0 atom stereocenters. The molecule has 0 spiro atoms. The van der Waals surface area contributed by atoms with Crippen LogP contribution in [0.25, 0.3) is 0 Å². The Kier molecular flexibility index (Phi) is 2.31. The third kappa shape index (κ3) is 1.72. The molecule has 0 amide bonds. The van der Waals surface area contributed by atoms with Crippen LogP contribution in [0.3, 0.4) is 0 Å². The van der Waals surface area contributed by atoms with Gasteiger partial charge in [-0.05, 0) is 33.0 Å². The number of rotatable bonds is 1. The summed E-state index contributed by atoms with van der Waals surface area (Å²) in [5.41, 5.74) is 0. The van der Waals surface area contributed by atoms with Crippen molar-refractivity contribution in [2.45, 2.75) is 18.8 Å². The molecule has 1 fully saturated rings. The Morgan fingerprint density at radius 1 is 1.31 bits per heavy atom. The molecule has 2 rings (SSSR count). The number of hydrogen-bond donors (Lipinski definition) is 0. The summed E-state index contributed by atoms with van der Waals surface area (Å²) in [6, 6.07) is 0. The quantitative estimate of drug-likeness (QED) is 0.635. The van der Waals surface area contributed by atoms with E-state index in [-0.39, 0.29) is 0 Å². The molecule has 2 heterocycles. The van der Waals surface area contributed by atoms with Gasteiger partial charge >= 0.3 is 0 Å². The van der Waals surface area contributed by atoms with Crippen molar-refractivity contribution in [1.29, 1.82) is 0 Å². The molecule has 0 unspecified atom stereocenters. The Morgan fingerprint density at radius 2 is 2.00 bits per heavy atom. The Balaban J connectivity index is 2.06. The summed E-state index contributed by atoms with van der Waals surface area (Å²) in [7, 11) is 4.15. The highest BCUT2D eigenvalue weighted by atomic mass is 15.3. The van der Waals surface area contributed by atoms with Crippen LogP contribution in [-0.4, -0.2) is 39.8 Å².